The van der Waals surface area contributed by atoms with Crippen LogP contribution < -0.4 is 0 Å². The maximum absolute atomic E-state index is 2.09. The molecule has 3 radical (unpaired) electrons. The van der Waals surface area contributed by atoms with Gasteiger partial charge in [-0.1, -0.05) is 0 Å². The maximum atomic E-state index is 2.09. The van der Waals surface area contributed by atoms with Crippen molar-refractivity contribution >= 4 is 59.7 Å². The molecule has 0 N–H and O–H groups in total. The number of hydrogen-bond donors (Lipinski definition) is 0. The number of halogens is 3. The molecule has 35 valence electrons. The average molecular weight is 243 g/mol. The fourth-order valence-electron chi connectivity index (χ4n) is 0. The van der Waals surface area contributed by atoms with Gasteiger partial charge in [0.2, 0.25) is 0 Å². The van der Waals surface area contributed by atoms with Gasteiger partial charge in [0.1, 0.15) is 0 Å². The van der Waals surface area contributed by atoms with Gasteiger partial charge >= 0.3 is 27.5 Å². The van der Waals surface area contributed by atoms with E-state index in [0.29, 0.717) is 0 Å². The third-order valence-electron chi connectivity index (χ3n) is 0. The molecule has 4 heteroatoms. The summed E-state index contributed by atoms with van der Waals surface area (Å²) in [5.74, 6) is 0. The normalized spacial score (nSPS) is 1.20. The van der Waals surface area contributed by atoms with Crippen molar-refractivity contribution in [1.29, 1.82) is 0 Å². The van der Waals surface area contributed by atoms with Gasteiger partial charge in [0.25, 0.3) is 0 Å². The number of hydrogen-bond acceptors (Lipinski definition) is 0. The topological polar surface area (TPSA) is 0 Å². The first-order valence-electron chi connectivity index (χ1n) is 0.500. The summed E-state index contributed by atoms with van der Waals surface area (Å²) in [6, 6.07) is 0. The summed E-state index contributed by atoms with van der Waals surface area (Å²) < 4.78 is 0. The van der Waals surface area contributed by atoms with Crippen LogP contribution in [0.3, 0.4) is 0 Å². The molecule has 0 aliphatic rings. The average Bonchev–Trinajstić information content (AvgIpc) is 1.00. The molecule has 0 fully saturated rings. The third-order valence-corrected chi connectivity index (χ3v) is 0. The van der Waals surface area contributed by atoms with Gasteiger partial charge in [0.15, 0.2) is 0 Å². The van der Waals surface area contributed by atoms with Gasteiger partial charge in [-0.2, -0.15) is 0 Å². The molecule has 0 aromatic heterocycles. The summed E-state index contributed by atoms with van der Waals surface area (Å²) in [6.07, 6.45) is 0. The summed E-state index contributed by atoms with van der Waals surface area (Å²) in [5.41, 5.74) is 0. The van der Waals surface area contributed by atoms with E-state index in [0.717, 1.165) is 0 Å². The van der Waals surface area contributed by atoms with Gasteiger partial charge in [-0.05, 0) is 0 Å². The van der Waals surface area contributed by atoms with Crippen molar-refractivity contribution in [3.63, 3.8) is 0 Å². The molecule has 0 saturated heterocycles. The van der Waals surface area contributed by atoms with Gasteiger partial charge in [-0.25, -0.2) is 0 Å². The van der Waals surface area contributed by atoms with Gasteiger partial charge in [0, 0.05) is 0 Å². The Labute approximate surface area is 64.4 Å². The second-order valence-corrected chi connectivity index (χ2v) is 0. The first-order chi connectivity index (χ1) is 1.00. The molecule has 0 amide bonds. The van der Waals surface area contributed by atoms with Gasteiger partial charge < -0.3 is 0 Å². The van der Waals surface area contributed by atoms with Crippen molar-refractivity contribution < 1.29 is 0 Å². The Kier molecular flexibility index (Phi) is 267. The standard InChI is InChI=1S/CH3.3ClH.Sn/h1H3;3*1H;. The summed E-state index contributed by atoms with van der Waals surface area (Å²) in [6.45, 7) is 0. The van der Waals surface area contributed by atoms with Crippen LogP contribution in [0.15, 0.2) is 0 Å². The van der Waals surface area contributed by atoms with Crippen molar-refractivity contribution in [2.24, 2.45) is 0 Å². The minimum atomic E-state index is 0. The summed E-state index contributed by atoms with van der Waals surface area (Å²) in [7, 11) is 0. The Morgan fingerprint density at radius 2 is 0.800 bits per heavy atom. The molecular formula is CH6Cl3Sn. The molecule has 0 heterocycles. The van der Waals surface area contributed by atoms with E-state index in [1.54, 1.807) is 22.5 Å². The van der Waals surface area contributed by atoms with Crippen molar-refractivity contribution in [3.05, 3.63) is 0 Å². The van der Waals surface area contributed by atoms with Crippen LogP contribution in [0.5, 0.6) is 0 Å². The predicted octanol–water partition coefficient (Wildman–Crippen LogP) is 1.47. The molecule has 0 saturated carbocycles. The first kappa shape index (κ1) is 30.1. The fourth-order valence-corrected chi connectivity index (χ4v) is 0. The van der Waals surface area contributed by atoms with E-state index < -0.39 is 0 Å². The number of rotatable bonds is 0. The van der Waals surface area contributed by atoms with Crippen LogP contribution in [0.2, 0.25) is 4.94 Å². The molecule has 0 aliphatic heterocycles. The van der Waals surface area contributed by atoms with Crippen molar-refractivity contribution in [2.45, 2.75) is 4.94 Å². The molecule has 0 nitrogen and oxygen atoms in total. The van der Waals surface area contributed by atoms with E-state index in [-0.39, 0.29) is 37.2 Å². The Morgan fingerprint density at radius 3 is 0.800 bits per heavy atom. The second kappa shape index (κ2) is 44.4. The molecular weight excluding hydrogens is 237 g/mol. The molecule has 0 rings (SSSR count). The van der Waals surface area contributed by atoms with Crippen LogP contribution >= 0.6 is 37.2 Å². The van der Waals surface area contributed by atoms with Crippen LogP contribution in [0.25, 0.3) is 0 Å². The molecule has 0 aliphatic carbocycles. The zero-order valence-corrected chi connectivity index (χ0v) is 8.03. The Hall–Kier alpha value is 1.67. The van der Waals surface area contributed by atoms with Crippen LogP contribution in [-0.4, -0.2) is 22.5 Å². The van der Waals surface area contributed by atoms with E-state index in [2.05, 4.69) is 4.94 Å². The van der Waals surface area contributed by atoms with E-state index in [9.17, 15) is 0 Å². The van der Waals surface area contributed by atoms with Gasteiger partial charge in [-0.15, -0.1) is 37.2 Å². The molecule has 0 unspecified atom stereocenters. The van der Waals surface area contributed by atoms with Gasteiger partial charge in [0.05, 0.1) is 0 Å². The van der Waals surface area contributed by atoms with E-state index in [4.69, 9.17) is 0 Å². The minimum absolute atomic E-state index is 0. The molecule has 5 heavy (non-hydrogen) atoms. The Balaban J connectivity index is -0.00000000167. The first-order valence-corrected chi connectivity index (χ1v) is 3.35. The third kappa shape index (κ3) is 27.4. The van der Waals surface area contributed by atoms with Crippen molar-refractivity contribution in [1.82, 2.24) is 0 Å². The molecule has 0 aromatic rings. The van der Waals surface area contributed by atoms with Crippen LogP contribution in [-0.2, 0) is 0 Å². The summed E-state index contributed by atoms with van der Waals surface area (Å²) in [4.78, 5) is 2.09. The van der Waals surface area contributed by atoms with E-state index in [1.807, 2.05) is 0 Å². The van der Waals surface area contributed by atoms with Gasteiger partial charge in [-0.3, -0.25) is 0 Å². The van der Waals surface area contributed by atoms with E-state index >= 15 is 0 Å². The van der Waals surface area contributed by atoms with Crippen LogP contribution in [0.1, 0.15) is 0 Å². The Bertz CT molecular complexity index is 6.85. The van der Waals surface area contributed by atoms with Crippen LogP contribution in [0, 0.1) is 0 Å². The van der Waals surface area contributed by atoms with Crippen molar-refractivity contribution in [3.8, 4) is 0 Å². The van der Waals surface area contributed by atoms with Crippen molar-refractivity contribution in [2.75, 3.05) is 0 Å². The molecule has 0 atom stereocenters. The zero-order chi connectivity index (χ0) is 2.00. The predicted molar refractivity (Wildman–Crippen MR) is 33.4 cm³/mol. The second-order valence-electron chi connectivity index (χ2n) is 0. The molecule has 0 spiro atoms. The molecule has 0 aromatic carbocycles. The molecule has 0 bridgehead atoms. The Morgan fingerprint density at radius 1 is 0.800 bits per heavy atom. The van der Waals surface area contributed by atoms with E-state index in [1.165, 1.54) is 0 Å². The zero-order valence-electron chi connectivity index (χ0n) is 2.72. The monoisotopic (exact) mass is 243 g/mol. The van der Waals surface area contributed by atoms with Crippen LogP contribution in [0.4, 0.5) is 0 Å². The SMILES string of the molecule is Cl.Cl.Cl.[CH3][Sn]. The fraction of sp³-hybridized carbons (Fsp3) is 1.00. The summed E-state index contributed by atoms with van der Waals surface area (Å²) >= 11 is 1.55. The summed E-state index contributed by atoms with van der Waals surface area (Å²) in [5, 5.41) is 0. The quantitative estimate of drug-likeness (QED) is 0.565.